The van der Waals surface area contributed by atoms with E-state index < -0.39 is 0 Å². The molecule has 2 rings (SSSR count). The van der Waals surface area contributed by atoms with Crippen molar-refractivity contribution in [2.75, 3.05) is 6.54 Å². The van der Waals surface area contributed by atoms with Crippen molar-refractivity contribution >= 4 is 61.5 Å². The molecule has 0 saturated carbocycles. The van der Waals surface area contributed by atoms with Crippen LogP contribution in [0.25, 0.3) is 0 Å². The lowest BCUT2D eigenvalue weighted by Gasteiger charge is -2.19. The van der Waals surface area contributed by atoms with Crippen LogP contribution in [0.3, 0.4) is 0 Å². The highest BCUT2D eigenvalue weighted by atomic mass is 127. The van der Waals surface area contributed by atoms with E-state index in [0.717, 1.165) is 15.4 Å². The van der Waals surface area contributed by atoms with E-state index in [9.17, 15) is 0 Å². The van der Waals surface area contributed by atoms with E-state index in [0.29, 0.717) is 0 Å². The summed E-state index contributed by atoms with van der Waals surface area (Å²) < 4.78 is 3.09. The molecule has 1 nitrogen and oxygen atoms in total. The topological polar surface area (TPSA) is 12.0 Å². The van der Waals surface area contributed by atoms with E-state index in [4.69, 9.17) is 11.6 Å². The molecule has 5 heteroatoms. The zero-order valence-corrected chi connectivity index (χ0v) is 16.0. The van der Waals surface area contributed by atoms with Crippen molar-refractivity contribution in [3.8, 4) is 0 Å². The monoisotopic (exact) mass is 469 g/mol. The van der Waals surface area contributed by atoms with Crippen LogP contribution in [0, 0.1) is 10.5 Å². The summed E-state index contributed by atoms with van der Waals surface area (Å²) in [4.78, 5) is 1.24. The minimum absolute atomic E-state index is 0.200. The van der Waals surface area contributed by atoms with Gasteiger partial charge >= 0.3 is 0 Å². The average Bonchev–Trinajstić information content (AvgIpc) is 2.70. The summed E-state index contributed by atoms with van der Waals surface area (Å²) in [6.45, 7) is 5.19. The van der Waals surface area contributed by atoms with E-state index >= 15 is 0 Å². The highest BCUT2D eigenvalue weighted by molar-refractivity contribution is 14.1. The minimum atomic E-state index is 0.200. The van der Waals surface area contributed by atoms with Crippen LogP contribution >= 0.6 is 61.5 Å². The highest BCUT2D eigenvalue weighted by Gasteiger charge is 2.19. The Morgan fingerprint density at radius 2 is 2.21 bits per heavy atom. The molecule has 2 aromatic rings. The number of benzene rings is 1. The van der Waals surface area contributed by atoms with E-state index in [1.165, 1.54) is 19.6 Å². The summed E-state index contributed by atoms with van der Waals surface area (Å²) in [6, 6.07) is 8.75. The van der Waals surface area contributed by atoms with E-state index in [2.05, 4.69) is 82.0 Å². The molecule has 0 fully saturated rings. The molecule has 102 valence electrons. The van der Waals surface area contributed by atoms with Gasteiger partial charge in [-0.3, -0.25) is 0 Å². The van der Waals surface area contributed by atoms with Gasteiger partial charge in [0.15, 0.2) is 0 Å². The number of halogens is 3. The lowest BCUT2D eigenvalue weighted by Crippen LogP contribution is -2.22. The first-order chi connectivity index (χ1) is 9.04. The van der Waals surface area contributed by atoms with Crippen molar-refractivity contribution in [1.82, 2.24) is 5.32 Å². The number of hydrogen-bond donors (Lipinski definition) is 1. The van der Waals surface area contributed by atoms with Crippen molar-refractivity contribution in [2.24, 2.45) is 0 Å². The van der Waals surface area contributed by atoms with Crippen LogP contribution in [0.5, 0.6) is 0 Å². The molecule has 0 aliphatic carbocycles. The first kappa shape index (κ1) is 15.8. The molecule has 0 amide bonds. The quantitative estimate of drug-likeness (QED) is 0.559. The smallest absolute Gasteiger partial charge is 0.107 e. The van der Waals surface area contributed by atoms with Crippen molar-refractivity contribution in [3.05, 3.63) is 52.6 Å². The Kier molecular flexibility index (Phi) is 5.72. The molecule has 0 saturated heterocycles. The molecule has 1 unspecified atom stereocenters. The fourth-order valence-corrected chi connectivity index (χ4v) is 4.47. The number of aryl methyl sites for hydroxylation is 1. The minimum Gasteiger partial charge on any atom is -0.306 e. The van der Waals surface area contributed by atoms with Crippen molar-refractivity contribution in [1.29, 1.82) is 0 Å². The number of thiophene rings is 1. The summed E-state index contributed by atoms with van der Waals surface area (Å²) in [7, 11) is 0. The third-order valence-electron chi connectivity index (χ3n) is 2.89. The third-order valence-corrected chi connectivity index (χ3v) is 6.90. The SMILES string of the molecule is CCNC(c1cc(Br)c(Cl)s1)c1cccc(C)c1I. The van der Waals surface area contributed by atoms with E-state index in [1.54, 1.807) is 11.3 Å². The van der Waals surface area contributed by atoms with Crippen LogP contribution in [-0.4, -0.2) is 6.54 Å². The van der Waals surface area contributed by atoms with Gasteiger partial charge in [0.2, 0.25) is 0 Å². The van der Waals surface area contributed by atoms with Gasteiger partial charge in [-0.05, 0) is 69.2 Å². The predicted molar refractivity (Wildman–Crippen MR) is 96.4 cm³/mol. The molecule has 1 heterocycles. The molecular weight excluding hydrogens is 456 g/mol. The lowest BCUT2D eigenvalue weighted by atomic mass is 10.0. The lowest BCUT2D eigenvalue weighted by molar-refractivity contribution is 0.636. The largest absolute Gasteiger partial charge is 0.306 e. The molecule has 1 aromatic carbocycles. The average molecular weight is 471 g/mol. The Hall–Kier alpha value is 0.380. The fraction of sp³-hybridized carbons (Fsp3) is 0.286. The molecule has 0 aliphatic rings. The molecule has 0 bridgehead atoms. The predicted octanol–water partition coefficient (Wildman–Crippen LogP) is 5.78. The van der Waals surface area contributed by atoms with Gasteiger partial charge in [-0.25, -0.2) is 0 Å². The number of rotatable bonds is 4. The maximum Gasteiger partial charge on any atom is 0.107 e. The summed E-state index contributed by atoms with van der Waals surface area (Å²) in [5.41, 5.74) is 2.62. The first-order valence-corrected chi connectivity index (χ1v) is 9.04. The van der Waals surface area contributed by atoms with Gasteiger partial charge in [-0.15, -0.1) is 11.3 Å². The maximum atomic E-state index is 6.17. The summed E-state index contributed by atoms with van der Waals surface area (Å²) in [6.07, 6.45) is 0. The Bertz CT molecular complexity index is 565. The van der Waals surface area contributed by atoms with Crippen molar-refractivity contribution in [2.45, 2.75) is 19.9 Å². The molecule has 1 N–H and O–H groups in total. The second-order valence-corrected chi connectivity index (χ2v) is 7.86. The molecule has 1 aromatic heterocycles. The Morgan fingerprint density at radius 1 is 1.47 bits per heavy atom. The van der Waals surface area contributed by atoms with Gasteiger partial charge in [-0.2, -0.15) is 0 Å². The van der Waals surface area contributed by atoms with Gasteiger partial charge in [0.1, 0.15) is 4.34 Å². The summed E-state index contributed by atoms with van der Waals surface area (Å²) in [5.74, 6) is 0. The number of hydrogen-bond acceptors (Lipinski definition) is 2. The van der Waals surface area contributed by atoms with Gasteiger partial charge < -0.3 is 5.32 Å². The van der Waals surface area contributed by atoms with Crippen LogP contribution in [0.1, 0.15) is 29.0 Å². The first-order valence-electron chi connectivity index (χ1n) is 5.97. The third kappa shape index (κ3) is 3.53. The molecular formula is C14H14BrClINS. The summed E-state index contributed by atoms with van der Waals surface area (Å²) in [5, 5.41) is 3.55. The molecule has 0 aliphatic heterocycles. The second-order valence-electron chi connectivity index (χ2n) is 4.24. The zero-order chi connectivity index (χ0) is 14.0. The fourth-order valence-electron chi connectivity index (χ4n) is 1.97. The molecule has 1 atom stereocenters. The van der Waals surface area contributed by atoms with E-state index in [1.807, 2.05) is 0 Å². The number of nitrogens with one attached hydrogen (secondary N) is 1. The molecule has 0 spiro atoms. The maximum absolute atomic E-state index is 6.17. The van der Waals surface area contributed by atoms with Crippen molar-refractivity contribution in [3.63, 3.8) is 0 Å². The van der Waals surface area contributed by atoms with Gasteiger partial charge in [0.05, 0.1) is 6.04 Å². The standard InChI is InChI=1S/C14H14BrClINS/c1-3-18-13(11-7-10(15)14(16)19-11)9-6-4-5-8(2)12(9)17/h4-7,13,18H,3H2,1-2H3. The Labute approximate surface area is 145 Å². The van der Waals surface area contributed by atoms with Crippen LogP contribution in [0.15, 0.2) is 28.7 Å². The van der Waals surface area contributed by atoms with Crippen LogP contribution in [-0.2, 0) is 0 Å². The van der Waals surface area contributed by atoms with Crippen LogP contribution < -0.4 is 5.32 Å². The second kappa shape index (κ2) is 6.89. The highest BCUT2D eigenvalue weighted by Crippen LogP contribution is 2.38. The van der Waals surface area contributed by atoms with Crippen LogP contribution in [0.4, 0.5) is 0 Å². The Balaban J connectivity index is 2.48. The summed E-state index contributed by atoms with van der Waals surface area (Å²) >= 11 is 13.7. The zero-order valence-electron chi connectivity index (χ0n) is 10.6. The van der Waals surface area contributed by atoms with Gasteiger partial charge in [0, 0.05) is 12.9 Å². The van der Waals surface area contributed by atoms with Crippen molar-refractivity contribution < 1.29 is 0 Å². The Morgan fingerprint density at radius 3 is 2.79 bits per heavy atom. The molecule has 0 radical (unpaired) electrons. The molecule has 19 heavy (non-hydrogen) atoms. The van der Waals surface area contributed by atoms with Crippen LogP contribution in [0.2, 0.25) is 4.34 Å². The van der Waals surface area contributed by atoms with E-state index in [-0.39, 0.29) is 6.04 Å². The normalized spacial score (nSPS) is 12.7. The van der Waals surface area contributed by atoms with Gasteiger partial charge in [0.25, 0.3) is 0 Å². The van der Waals surface area contributed by atoms with Gasteiger partial charge in [-0.1, -0.05) is 36.7 Å².